The highest BCUT2D eigenvalue weighted by molar-refractivity contribution is 6.32. The number of halogens is 1. The highest BCUT2D eigenvalue weighted by Gasteiger charge is 2.14. The second-order valence-corrected chi connectivity index (χ2v) is 9.10. The lowest BCUT2D eigenvalue weighted by Crippen LogP contribution is -2.17. The van der Waals surface area contributed by atoms with Crippen LogP contribution in [0.1, 0.15) is 15.9 Å². The van der Waals surface area contributed by atoms with Crippen LogP contribution in [0.15, 0.2) is 79.0 Å². The van der Waals surface area contributed by atoms with Crippen LogP contribution in [0.3, 0.4) is 0 Å². The Balaban J connectivity index is 1.37. The topological polar surface area (TPSA) is 117 Å². The molecule has 3 aromatic carbocycles. The fourth-order valence-corrected chi connectivity index (χ4v) is 4.26. The maximum atomic E-state index is 11.9. The van der Waals surface area contributed by atoms with Crippen molar-refractivity contribution in [2.75, 3.05) is 24.8 Å². The summed E-state index contributed by atoms with van der Waals surface area (Å²) in [4.78, 5) is 20.8. The van der Waals surface area contributed by atoms with Crippen molar-refractivity contribution in [3.8, 4) is 28.1 Å². The first-order valence-corrected chi connectivity index (χ1v) is 12.5. The first kappa shape index (κ1) is 25.7. The van der Waals surface area contributed by atoms with Gasteiger partial charge < -0.3 is 20.7 Å². The molecule has 1 amide bonds. The third-order valence-corrected chi connectivity index (χ3v) is 6.41. The zero-order valence-corrected chi connectivity index (χ0v) is 22.3. The maximum absolute atomic E-state index is 11.9. The molecule has 0 aliphatic heterocycles. The van der Waals surface area contributed by atoms with Gasteiger partial charge in [-0.2, -0.15) is 10.1 Å². The van der Waals surface area contributed by atoms with E-state index in [4.69, 9.17) is 16.3 Å². The fraction of sp³-hybridized carbons (Fsp3) is 0.103. The Morgan fingerprint density at radius 1 is 0.974 bits per heavy atom. The van der Waals surface area contributed by atoms with Gasteiger partial charge in [0.2, 0.25) is 5.95 Å². The average Bonchev–Trinajstić information content (AvgIpc) is 3.44. The van der Waals surface area contributed by atoms with Crippen LogP contribution in [-0.4, -0.2) is 40.2 Å². The summed E-state index contributed by atoms with van der Waals surface area (Å²) in [6.45, 7) is 2.00. The highest BCUT2D eigenvalue weighted by Crippen LogP contribution is 2.36. The van der Waals surface area contributed by atoms with Gasteiger partial charge in [0.15, 0.2) is 11.6 Å². The van der Waals surface area contributed by atoms with Crippen LogP contribution in [-0.2, 0) is 0 Å². The number of amides is 1. The molecule has 0 atom stereocenters. The van der Waals surface area contributed by atoms with Gasteiger partial charge >= 0.3 is 0 Å². The van der Waals surface area contributed by atoms with Crippen molar-refractivity contribution in [3.05, 3.63) is 95.1 Å². The van der Waals surface area contributed by atoms with E-state index in [0.717, 1.165) is 27.9 Å². The van der Waals surface area contributed by atoms with E-state index in [1.54, 1.807) is 26.3 Å². The lowest BCUT2D eigenvalue weighted by molar-refractivity contribution is 0.0963. The highest BCUT2D eigenvalue weighted by atomic mass is 35.5. The van der Waals surface area contributed by atoms with E-state index >= 15 is 0 Å². The van der Waals surface area contributed by atoms with Crippen molar-refractivity contribution in [2.45, 2.75) is 6.92 Å². The standard InChI is InChI=1S/C29H26ClN7O2/c1-17-13-24(25(39-3)14-21(17)18-9-11-20(12-10-18)28(38)31-2)33-29-32-16-22(30)27(35-29)34-26-15-23(36-37-26)19-7-5-4-6-8-19/h4-16H,1-3H3,(H,31,38)(H3,32,33,34,35,36,37). The van der Waals surface area contributed by atoms with E-state index < -0.39 is 0 Å². The molecule has 0 spiro atoms. The number of carbonyl (C=O) groups excluding carboxylic acids is 1. The van der Waals surface area contributed by atoms with E-state index in [0.29, 0.717) is 39.6 Å². The fourth-order valence-electron chi connectivity index (χ4n) is 4.12. The summed E-state index contributed by atoms with van der Waals surface area (Å²) >= 11 is 6.38. The zero-order chi connectivity index (χ0) is 27.4. The van der Waals surface area contributed by atoms with Gasteiger partial charge in [-0.05, 0) is 53.4 Å². The van der Waals surface area contributed by atoms with Crippen LogP contribution in [0, 0.1) is 6.92 Å². The van der Waals surface area contributed by atoms with Gasteiger partial charge in [-0.1, -0.05) is 54.1 Å². The van der Waals surface area contributed by atoms with Crippen LogP contribution in [0.4, 0.5) is 23.3 Å². The summed E-state index contributed by atoms with van der Waals surface area (Å²) in [5, 5.41) is 16.7. The Morgan fingerprint density at radius 3 is 2.46 bits per heavy atom. The number of rotatable bonds is 8. The largest absolute Gasteiger partial charge is 0.495 e. The minimum atomic E-state index is -0.129. The number of benzene rings is 3. The van der Waals surface area contributed by atoms with Gasteiger partial charge in [0.05, 0.1) is 24.7 Å². The summed E-state index contributed by atoms with van der Waals surface area (Å²) < 4.78 is 5.67. The molecular weight excluding hydrogens is 514 g/mol. The van der Waals surface area contributed by atoms with Crippen LogP contribution < -0.4 is 20.7 Å². The van der Waals surface area contributed by atoms with Crippen molar-refractivity contribution in [2.24, 2.45) is 0 Å². The van der Waals surface area contributed by atoms with Crippen molar-refractivity contribution in [1.82, 2.24) is 25.5 Å². The first-order valence-electron chi connectivity index (χ1n) is 12.1. The van der Waals surface area contributed by atoms with Gasteiger partial charge in [0.1, 0.15) is 10.8 Å². The number of nitrogens with zero attached hydrogens (tertiary/aromatic N) is 3. The number of anilines is 4. The summed E-state index contributed by atoms with van der Waals surface area (Å²) in [5.74, 6) is 1.79. The number of hydrogen-bond donors (Lipinski definition) is 4. The number of aromatic amines is 1. The lowest BCUT2D eigenvalue weighted by atomic mass is 9.98. The van der Waals surface area contributed by atoms with Gasteiger partial charge in [-0.15, -0.1) is 0 Å². The van der Waals surface area contributed by atoms with E-state index in [1.165, 1.54) is 6.20 Å². The van der Waals surface area contributed by atoms with E-state index in [2.05, 4.69) is 36.1 Å². The SMILES string of the molecule is CNC(=O)c1ccc(-c2cc(OC)c(Nc3ncc(Cl)c(Nc4cc(-c5ccccc5)[nH]n4)n3)cc2C)cc1. The summed E-state index contributed by atoms with van der Waals surface area (Å²) in [6.07, 6.45) is 1.52. The molecule has 2 aromatic heterocycles. The number of ether oxygens (including phenoxy) is 1. The predicted octanol–water partition coefficient (Wildman–Crippen LogP) is 6.35. The molecule has 4 N–H and O–H groups in total. The Bertz CT molecular complexity index is 1620. The Labute approximate surface area is 230 Å². The average molecular weight is 540 g/mol. The van der Waals surface area contributed by atoms with Gasteiger partial charge in [0.25, 0.3) is 5.91 Å². The van der Waals surface area contributed by atoms with E-state index in [-0.39, 0.29) is 5.91 Å². The molecule has 0 fully saturated rings. The van der Waals surface area contributed by atoms with E-state index in [1.807, 2.05) is 67.6 Å². The molecule has 0 saturated carbocycles. The number of methoxy groups -OCH3 is 1. The third kappa shape index (κ3) is 5.68. The molecule has 0 aliphatic rings. The smallest absolute Gasteiger partial charge is 0.251 e. The third-order valence-electron chi connectivity index (χ3n) is 6.13. The van der Waals surface area contributed by atoms with Gasteiger partial charge in [-0.25, -0.2) is 4.98 Å². The second-order valence-electron chi connectivity index (χ2n) is 8.70. The molecule has 9 nitrogen and oxygen atoms in total. The van der Waals surface area contributed by atoms with Crippen molar-refractivity contribution >= 4 is 40.8 Å². The number of carbonyl (C=O) groups is 1. The maximum Gasteiger partial charge on any atom is 0.251 e. The number of hydrogen-bond acceptors (Lipinski definition) is 7. The summed E-state index contributed by atoms with van der Waals surface area (Å²) in [6, 6.07) is 23.1. The normalized spacial score (nSPS) is 10.7. The zero-order valence-electron chi connectivity index (χ0n) is 21.5. The van der Waals surface area contributed by atoms with E-state index in [9.17, 15) is 4.79 Å². The number of nitrogens with one attached hydrogen (secondary N) is 4. The second kappa shape index (κ2) is 11.2. The summed E-state index contributed by atoms with van der Waals surface area (Å²) in [7, 11) is 3.21. The molecule has 10 heteroatoms. The Morgan fingerprint density at radius 2 is 1.74 bits per heavy atom. The quantitative estimate of drug-likeness (QED) is 0.181. The monoisotopic (exact) mass is 539 g/mol. The van der Waals surface area contributed by atoms with Crippen molar-refractivity contribution < 1.29 is 9.53 Å². The lowest BCUT2D eigenvalue weighted by Gasteiger charge is -2.15. The first-order chi connectivity index (χ1) is 18.9. The number of aryl methyl sites for hydroxylation is 1. The van der Waals surface area contributed by atoms with Crippen LogP contribution in [0.25, 0.3) is 22.4 Å². The molecule has 0 radical (unpaired) electrons. The molecule has 0 aliphatic carbocycles. The minimum absolute atomic E-state index is 0.129. The van der Waals surface area contributed by atoms with Crippen LogP contribution >= 0.6 is 11.6 Å². The molecule has 5 aromatic rings. The molecule has 39 heavy (non-hydrogen) atoms. The number of H-pyrrole nitrogens is 1. The predicted molar refractivity (Wildman–Crippen MR) is 154 cm³/mol. The Kier molecular flexibility index (Phi) is 7.42. The van der Waals surface area contributed by atoms with Gasteiger partial charge in [-0.3, -0.25) is 9.89 Å². The molecular formula is C29H26ClN7O2. The summed E-state index contributed by atoms with van der Waals surface area (Å²) in [5.41, 5.74) is 6.12. The molecule has 196 valence electrons. The molecule has 0 unspecified atom stereocenters. The van der Waals surface area contributed by atoms with Gasteiger partial charge in [0, 0.05) is 18.7 Å². The Hall–Kier alpha value is -4.89. The van der Waals surface area contributed by atoms with Crippen molar-refractivity contribution in [3.63, 3.8) is 0 Å². The molecule has 0 saturated heterocycles. The molecule has 2 heterocycles. The number of aromatic nitrogens is 4. The van der Waals surface area contributed by atoms with Crippen molar-refractivity contribution in [1.29, 1.82) is 0 Å². The van der Waals surface area contributed by atoms with Crippen LogP contribution in [0.5, 0.6) is 5.75 Å². The van der Waals surface area contributed by atoms with Crippen LogP contribution in [0.2, 0.25) is 5.02 Å². The molecule has 5 rings (SSSR count). The minimum Gasteiger partial charge on any atom is -0.495 e. The molecule has 0 bridgehead atoms.